The molecule has 2 N–H and O–H groups in total. The van der Waals surface area contributed by atoms with Gasteiger partial charge in [-0.15, -0.1) is 0 Å². The van der Waals surface area contributed by atoms with E-state index in [-0.39, 0.29) is 5.91 Å². The highest BCUT2D eigenvalue weighted by Crippen LogP contribution is 2.21. The number of likely N-dealkylation sites (tertiary alicyclic amines) is 1. The van der Waals surface area contributed by atoms with Crippen LogP contribution in [0.5, 0.6) is 0 Å². The first-order valence-corrected chi connectivity index (χ1v) is 6.96. The minimum absolute atomic E-state index is 0.0126. The number of pyridine rings is 1. The number of hydrogen-bond acceptors (Lipinski definition) is 5. The third-order valence-electron chi connectivity index (χ3n) is 3.89. The Balaban J connectivity index is 1.88. The molecule has 1 aliphatic rings. The number of aryl methyl sites for hydroxylation is 1. The smallest absolute Gasteiger partial charge is 0.257 e. The Hall–Kier alpha value is -1.95. The molecule has 2 aromatic heterocycles. The Labute approximate surface area is 116 Å². The number of rotatable bonds is 3. The third-order valence-corrected chi connectivity index (χ3v) is 3.89. The topological polar surface area (TPSA) is 85.2 Å². The van der Waals surface area contributed by atoms with Gasteiger partial charge in [-0.05, 0) is 31.4 Å². The van der Waals surface area contributed by atoms with Crippen molar-refractivity contribution in [3.8, 4) is 0 Å². The van der Waals surface area contributed by atoms with Crippen LogP contribution in [0.2, 0.25) is 0 Å². The van der Waals surface area contributed by atoms with Gasteiger partial charge in [0.25, 0.3) is 11.6 Å². The lowest BCUT2D eigenvalue weighted by Crippen LogP contribution is -2.29. The fourth-order valence-corrected chi connectivity index (χ4v) is 2.64. The molecule has 3 heterocycles. The van der Waals surface area contributed by atoms with Crippen molar-refractivity contribution < 1.29 is 9.32 Å². The molecular formula is C14H18N4O2. The highest BCUT2D eigenvalue weighted by atomic mass is 16.5. The van der Waals surface area contributed by atoms with Gasteiger partial charge in [0.15, 0.2) is 0 Å². The molecule has 1 atom stereocenters. The minimum atomic E-state index is 0.0126. The molecule has 0 spiro atoms. The molecule has 0 unspecified atom stereocenters. The van der Waals surface area contributed by atoms with E-state index in [1.54, 1.807) is 6.20 Å². The zero-order chi connectivity index (χ0) is 14.1. The summed E-state index contributed by atoms with van der Waals surface area (Å²) < 4.78 is 5.13. The first kappa shape index (κ1) is 13.1. The summed E-state index contributed by atoms with van der Waals surface area (Å²) >= 11 is 0. The lowest BCUT2D eigenvalue weighted by atomic mass is 10.1. The minimum Gasteiger partial charge on any atom is -0.338 e. The van der Waals surface area contributed by atoms with Gasteiger partial charge in [-0.25, -0.2) is 4.98 Å². The lowest BCUT2D eigenvalue weighted by molar-refractivity contribution is 0.0787. The van der Waals surface area contributed by atoms with Gasteiger partial charge in [-0.1, -0.05) is 12.1 Å². The molecule has 106 valence electrons. The van der Waals surface area contributed by atoms with E-state index in [2.05, 4.69) is 10.1 Å². The quantitative estimate of drug-likeness (QED) is 0.909. The van der Waals surface area contributed by atoms with Crippen molar-refractivity contribution in [3.05, 3.63) is 23.5 Å². The van der Waals surface area contributed by atoms with Crippen LogP contribution >= 0.6 is 0 Å². The van der Waals surface area contributed by atoms with E-state index in [9.17, 15) is 4.79 Å². The maximum Gasteiger partial charge on any atom is 0.257 e. The Bertz CT molecular complexity index is 637. The van der Waals surface area contributed by atoms with E-state index >= 15 is 0 Å². The fourth-order valence-electron chi connectivity index (χ4n) is 2.64. The molecule has 0 aromatic carbocycles. The maximum absolute atomic E-state index is 12.5. The van der Waals surface area contributed by atoms with Crippen LogP contribution in [0.1, 0.15) is 29.4 Å². The number of fused-ring (bicyclic) bond motifs is 1. The van der Waals surface area contributed by atoms with Gasteiger partial charge in [0.1, 0.15) is 0 Å². The monoisotopic (exact) mass is 274 g/mol. The second kappa shape index (κ2) is 5.20. The average Bonchev–Trinajstić information content (AvgIpc) is 3.12. The predicted octanol–water partition coefficient (Wildman–Crippen LogP) is 1.21. The molecule has 0 bridgehead atoms. The molecule has 1 amide bonds. The summed E-state index contributed by atoms with van der Waals surface area (Å²) in [5.74, 6) is 0.427. The van der Waals surface area contributed by atoms with Crippen molar-refractivity contribution in [1.29, 1.82) is 0 Å². The van der Waals surface area contributed by atoms with Crippen LogP contribution in [-0.4, -0.2) is 40.6 Å². The highest BCUT2D eigenvalue weighted by molar-refractivity contribution is 5.97. The van der Waals surface area contributed by atoms with Crippen molar-refractivity contribution in [3.63, 3.8) is 0 Å². The normalized spacial score (nSPS) is 18.9. The molecule has 2 aromatic rings. The van der Waals surface area contributed by atoms with E-state index in [1.807, 2.05) is 17.9 Å². The van der Waals surface area contributed by atoms with Gasteiger partial charge in [0.2, 0.25) is 0 Å². The molecule has 1 saturated heterocycles. The molecule has 0 saturated carbocycles. The zero-order valence-corrected chi connectivity index (χ0v) is 11.5. The first-order valence-electron chi connectivity index (χ1n) is 6.96. The van der Waals surface area contributed by atoms with Crippen LogP contribution in [0.3, 0.4) is 0 Å². The van der Waals surface area contributed by atoms with Gasteiger partial charge in [-0.3, -0.25) is 4.79 Å². The Kier molecular flexibility index (Phi) is 3.40. The number of amides is 1. The molecule has 1 aliphatic heterocycles. The van der Waals surface area contributed by atoms with Crippen molar-refractivity contribution in [2.24, 2.45) is 11.7 Å². The van der Waals surface area contributed by atoms with E-state index in [1.165, 1.54) is 0 Å². The molecule has 6 heteroatoms. The second-order valence-corrected chi connectivity index (χ2v) is 5.20. The zero-order valence-electron chi connectivity index (χ0n) is 11.5. The van der Waals surface area contributed by atoms with Crippen molar-refractivity contribution in [1.82, 2.24) is 15.0 Å². The van der Waals surface area contributed by atoms with Gasteiger partial charge < -0.3 is 15.2 Å². The molecule has 6 nitrogen and oxygen atoms in total. The van der Waals surface area contributed by atoms with Crippen LogP contribution in [0, 0.1) is 5.92 Å². The number of nitrogens with two attached hydrogens (primary N) is 1. The second-order valence-electron chi connectivity index (χ2n) is 5.20. The van der Waals surface area contributed by atoms with E-state index in [0.717, 1.165) is 37.0 Å². The van der Waals surface area contributed by atoms with E-state index < -0.39 is 0 Å². The van der Waals surface area contributed by atoms with Crippen LogP contribution in [-0.2, 0) is 6.42 Å². The molecule has 20 heavy (non-hydrogen) atoms. The van der Waals surface area contributed by atoms with Crippen LogP contribution in [0.4, 0.5) is 0 Å². The van der Waals surface area contributed by atoms with Gasteiger partial charge in [0, 0.05) is 19.3 Å². The standard InChI is InChI=1S/C14H18N4O2/c1-2-12-11-5-10(7-16-13(11)20-17-12)14(19)18-4-3-9(6-15)8-18/h5,7,9H,2-4,6,8,15H2,1H3/t9-/m0/s1. The molecule has 1 fully saturated rings. The summed E-state index contributed by atoms with van der Waals surface area (Å²) in [6, 6.07) is 1.83. The lowest BCUT2D eigenvalue weighted by Gasteiger charge is -2.15. The fraction of sp³-hybridized carbons (Fsp3) is 0.500. The van der Waals surface area contributed by atoms with Gasteiger partial charge in [0.05, 0.1) is 16.6 Å². The van der Waals surface area contributed by atoms with Crippen molar-refractivity contribution in [2.75, 3.05) is 19.6 Å². The Morgan fingerprint density at radius 3 is 3.15 bits per heavy atom. The number of carbonyl (C=O) groups is 1. The van der Waals surface area contributed by atoms with Crippen LogP contribution in [0.15, 0.2) is 16.8 Å². The molecular weight excluding hydrogens is 256 g/mol. The summed E-state index contributed by atoms with van der Waals surface area (Å²) in [6.07, 6.45) is 3.29. The summed E-state index contributed by atoms with van der Waals surface area (Å²) in [6.45, 7) is 4.13. The molecule has 0 radical (unpaired) electrons. The number of nitrogens with zero attached hydrogens (tertiary/aromatic N) is 3. The average molecular weight is 274 g/mol. The summed E-state index contributed by atoms with van der Waals surface area (Å²) in [5.41, 5.74) is 7.58. The number of carbonyl (C=O) groups excluding carboxylic acids is 1. The Morgan fingerprint density at radius 2 is 2.45 bits per heavy atom. The highest BCUT2D eigenvalue weighted by Gasteiger charge is 2.26. The van der Waals surface area contributed by atoms with E-state index in [4.69, 9.17) is 10.3 Å². The molecule has 3 rings (SSSR count). The maximum atomic E-state index is 12.5. The van der Waals surface area contributed by atoms with Gasteiger partial charge in [-0.2, -0.15) is 0 Å². The van der Waals surface area contributed by atoms with E-state index in [0.29, 0.717) is 23.7 Å². The van der Waals surface area contributed by atoms with Crippen molar-refractivity contribution >= 4 is 17.0 Å². The largest absolute Gasteiger partial charge is 0.338 e. The van der Waals surface area contributed by atoms with Crippen LogP contribution < -0.4 is 5.73 Å². The van der Waals surface area contributed by atoms with Crippen LogP contribution in [0.25, 0.3) is 11.1 Å². The number of hydrogen-bond donors (Lipinski definition) is 1. The van der Waals surface area contributed by atoms with Crippen molar-refractivity contribution in [2.45, 2.75) is 19.8 Å². The first-order chi connectivity index (χ1) is 9.72. The number of aromatic nitrogens is 2. The Morgan fingerprint density at radius 1 is 1.60 bits per heavy atom. The SMILES string of the molecule is CCc1noc2ncc(C(=O)N3CC[C@@H](CN)C3)cc12. The summed E-state index contributed by atoms with van der Waals surface area (Å²) in [7, 11) is 0. The summed E-state index contributed by atoms with van der Waals surface area (Å²) in [4.78, 5) is 18.5. The summed E-state index contributed by atoms with van der Waals surface area (Å²) in [5, 5.41) is 4.78. The third kappa shape index (κ3) is 2.16. The molecule has 0 aliphatic carbocycles. The van der Waals surface area contributed by atoms with Gasteiger partial charge >= 0.3 is 0 Å². The predicted molar refractivity (Wildman–Crippen MR) is 74.2 cm³/mol.